The highest BCUT2D eigenvalue weighted by Crippen LogP contribution is 2.47. The zero-order valence-corrected chi connectivity index (χ0v) is 10.7. The summed E-state index contributed by atoms with van der Waals surface area (Å²) in [6, 6.07) is 2.69. The van der Waals surface area contributed by atoms with Crippen LogP contribution >= 0.6 is 22.9 Å². The van der Waals surface area contributed by atoms with E-state index in [0.717, 1.165) is 11.3 Å². The quantitative estimate of drug-likeness (QED) is 0.572. The molecule has 0 saturated heterocycles. The standard InChI is InChI=1S/C10H4ClF7OS/c11-5(6-2-1-3-20-6)4-7(19)8(12,13)9(14,15)10(16,17)18/h1-4H/b5-4-. The predicted molar refractivity (Wildman–Crippen MR) is 59.1 cm³/mol. The fourth-order valence-electron chi connectivity index (χ4n) is 1.02. The fraction of sp³-hybridized carbons (Fsp3) is 0.300. The van der Waals surface area contributed by atoms with E-state index in [1.807, 2.05) is 0 Å². The Hall–Kier alpha value is -1.09. The summed E-state index contributed by atoms with van der Waals surface area (Å²) in [7, 11) is 0. The maximum Gasteiger partial charge on any atom is 0.460 e. The number of thiophene rings is 1. The minimum atomic E-state index is -6.56. The van der Waals surface area contributed by atoms with Gasteiger partial charge in [0.25, 0.3) is 0 Å². The van der Waals surface area contributed by atoms with Crippen LogP contribution < -0.4 is 0 Å². The summed E-state index contributed by atoms with van der Waals surface area (Å²) in [6.45, 7) is 0. The van der Waals surface area contributed by atoms with Gasteiger partial charge < -0.3 is 0 Å². The minimum Gasteiger partial charge on any atom is -0.288 e. The molecular formula is C10H4ClF7OS. The Morgan fingerprint density at radius 2 is 1.70 bits per heavy atom. The van der Waals surface area contributed by atoms with Gasteiger partial charge in [0.15, 0.2) is 0 Å². The molecule has 1 aromatic rings. The normalized spacial score (nSPS) is 14.5. The Labute approximate surface area is 116 Å². The van der Waals surface area contributed by atoms with E-state index in [1.165, 1.54) is 17.5 Å². The van der Waals surface area contributed by atoms with Gasteiger partial charge >= 0.3 is 18.0 Å². The maximum absolute atomic E-state index is 13.0. The Bertz CT molecular complexity index is 518. The second kappa shape index (κ2) is 5.36. The highest BCUT2D eigenvalue weighted by molar-refractivity contribution is 7.12. The zero-order valence-electron chi connectivity index (χ0n) is 9.15. The van der Waals surface area contributed by atoms with E-state index in [9.17, 15) is 35.5 Å². The molecule has 0 amide bonds. The lowest BCUT2D eigenvalue weighted by atomic mass is 10.1. The first-order valence-electron chi connectivity index (χ1n) is 4.69. The van der Waals surface area contributed by atoms with Crippen LogP contribution in [0.15, 0.2) is 23.6 Å². The van der Waals surface area contributed by atoms with Gasteiger partial charge in [-0.1, -0.05) is 17.7 Å². The van der Waals surface area contributed by atoms with Crippen molar-refractivity contribution in [2.24, 2.45) is 0 Å². The molecule has 1 aromatic heterocycles. The Kier molecular flexibility index (Phi) is 4.55. The average molecular weight is 341 g/mol. The lowest BCUT2D eigenvalue weighted by Gasteiger charge is -2.26. The van der Waals surface area contributed by atoms with Crippen LogP contribution in [0.1, 0.15) is 4.88 Å². The first-order chi connectivity index (χ1) is 8.91. The van der Waals surface area contributed by atoms with Crippen LogP contribution in [0.5, 0.6) is 0 Å². The number of carbonyl (C=O) groups is 1. The summed E-state index contributed by atoms with van der Waals surface area (Å²) < 4.78 is 86.7. The summed E-state index contributed by atoms with van der Waals surface area (Å²) in [5.41, 5.74) is 0. The number of halogens is 8. The molecule has 0 aliphatic heterocycles. The van der Waals surface area contributed by atoms with Gasteiger partial charge in [-0.05, 0) is 11.4 Å². The predicted octanol–water partition coefficient (Wildman–Crippen LogP) is 4.73. The fourth-order valence-corrected chi connectivity index (χ4v) is 1.95. The molecule has 0 spiro atoms. The van der Waals surface area contributed by atoms with E-state index in [1.54, 1.807) is 0 Å². The van der Waals surface area contributed by atoms with E-state index in [0.29, 0.717) is 0 Å². The number of carbonyl (C=O) groups excluding carboxylic acids is 1. The second-order valence-corrected chi connectivity index (χ2v) is 4.84. The first-order valence-corrected chi connectivity index (χ1v) is 5.95. The van der Waals surface area contributed by atoms with Crippen molar-refractivity contribution in [1.29, 1.82) is 0 Å². The topological polar surface area (TPSA) is 17.1 Å². The number of rotatable bonds is 4. The lowest BCUT2D eigenvalue weighted by Crippen LogP contribution is -2.55. The van der Waals surface area contributed by atoms with E-state index < -0.39 is 28.8 Å². The van der Waals surface area contributed by atoms with Crippen molar-refractivity contribution in [3.8, 4) is 0 Å². The Balaban J connectivity index is 3.11. The summed E-state index contributed by atoms with van der Waals surface area (Å²) in [4.78, 5) is 11.1. The number of hydrogen-bond acceptors (Lipinski definition) is 2. The molecule has 0 aliphatic rings. The van der Waals surface area contributed by atoms with Crippen LogP contribution in [0.3, 0.4) is 0 Å². The van der Waals surface area contributed by atoms with E-state index in [4.69, 9.17) is 11.6 Å². The van der Waals surface area contributed by atoms with Crippen LogP contribution in [-0.2, 0) is 4.79 Å². The van der Waals surface area contributed by atoms with Gasteiger partial charge in [-0.25, -0.2) is 0 Å². The summed E-state index contributed by atoms with van der Waals surface area (Å²) in [5.74, 6) is -15.2. The first kappa shape index (κ1) is 17.0. The number of hydrogen-bond donors (Lipinski definition) is 0. The molecule has 1 nitrogen and oxygen atoms in total. The molecule has 0 unspecified atom stereocenters. The third-order valence-electron chi connectivity index (χ3n) is 2.07. The van der Waals surface area contributed by atoms with Crippen molar-refractivity contribution in [3.63, 3.8) is 0 Å². The highest BCUT2D eigenvalue weighted by atomic mass is 35.5. The van der Waals surface area contributed by atoms with Gasteiger partial charge in [0.05, 0.1) is 5.03 Å². The van der Waals surface area contributed by atoms with Crippen molar-refractivity contribution < 1.29 is 35.5 Å². The summed E-state index contributed by atoms with van der Waals surface area (Å²) >= 11 is 6.29. The second-order valence-electron chi connectivity index (χ2n) is 3.48. The monoisotopic (exact) mass is 340 g/mol. The van der Waals surface area contributed by atoms with Crippen LogP contribution in [0.2, 0.25) is 0 Å². The maximum atomic E-state index is 13.0. The van der Waals surface area contributed by atoms with Crippen LogP contribution in [0, 0.1) is 0 Å². The minimum absolute atomic E-state index is 0.0751. The largest absolute Gasteiger partial charge is 0.460 e. The third kappa shape index (κ3) is 2.98. The SMILES string of the molecule is O=C(/C=C(\Cl)c1cccs1)C(F)(F)C(F)(F)C(F)(F)F. The van der Waals surface area contributed by atoms with E-state index >= 15 is 0 Å². The van der Waals surface area contributed by atoms with Crippen molar-refractivity contribution >= 4 is 33.8 Å². The van der Waals surface area contributed by atoms with Crippen LogP contribution in [0.4, 0.5) is 30.7 Å². The molecule has 0 radical (unpaired) electrons. The zero-order chi connectivity index (χ0) is 15.8. The number of allylic oxidation sites excluding steroid dienone is 1. The van der Waals surface area contributed by atoms with Gasteiger partial charge in [0, 0.05) is 11.0 Å². The average Bonchev–Trinajstić information content (AvgIpc) is 2.80. The van der Waals surface area contributed by atoms with E-state index in [2.05, 4.69) is 0 Å². The lowest BCUT2D eigenvalue weighted by molar-refractivity contribution is -0.342. The smallest absolute Gasteiger partial charge is 0.288 e. The van der Waals surface area contributed by atoms with E-state index in [-0.39, 0.29) is 11.0 Å². The molecule has 0 N–H and O–H groups in total. The molecule has 0 aromatic carbocycles. The number of alkyl halides is 7. The Morgan fingerprint density at radius 3 is 2.10 bits per heavy atom. The molecule has 0 atom stereocenters. The molecule has 0 bridgehead atoms. The third-order valence-corrected chi connectivity index (χ3v) is 3.40. The molecule has 0 fully saturated rings. The molecule has 10 heteroatoms. The van der Waals surface area contributed by atoms with Crippen LogP contribution in [-0.4, -0.2) is 23.8 Å². The van der Waals surface area contributed by atoms with Crippen LogP contribution in [0.25, 0.3) is 5.03 Å². The number of ketones is 1. The van der Waals surface area contributed by atoms with Crippen molar-refractivity contribution in [2.45, 2.75) is 18.0 Å². The molecule has 1 rings (SSSR count). The van der Waals surface area contributed by atoms with Gasteiger partial charge in [-0.15, -0.1) is 11.3 Å². The molecule has 0 aliphatic carbocycles. The molecule has 20 heavy (non-hydrogen) atoms. The highest BCUT2D eigenvalue weighted by Gasteiger charge is 2.75. The molecule has 1 heterocycles. The van der Waals surface area contributed by atoms with Crippen molar-refractivity contribution in [2.75, 3.05) is 0 Å². The molecule has 0 saturated carbocycles. The van der Waals surface area contributed by atoms with Crippen molar-refractivity contribution in [3.05, 3.63) is 28.5 Å². The van der Waals surface area contributed by atoms with Gasteiger partial charge in [0.1, 0.15) is 0 Å². The van der Waals surface area contributed by atoms with Gasteiger partial charge in [0.2, 0.25) is 5.78 Å². The summed E-state index contributed by atoms with van der Waals surface area (Å²) in [5, 5.41) is 0.793. The molecular weight excluding hydrogens is 337 g/mol. The Morgan fingerprint density at radius 1 is 1.15 bits per heavy atom. The van der Waals surface area contributed by atoms with Crippen molar-refractivity contribution in [1.82, 2.24) is 0 Å². The van der Waals surface area contributed by atoms with Gasteiger partial charge in [-0.3, -0.25) is 4.79 Å². The molecule has 112 valence electrons. The summed E-state index contributed by atoms with van der Waals surface area (Å²) in [6.07, 6.45) is -6.71. The van der Waals surface area contributed by atoms with Gasteiger partial charge in [-0.2, -0.15) is 30.7 Å².